The molecule has 0 aliphatic heterocycles. The maximum absolute atomic E-state index is 12.2. The van der Waals surface area contributed by atoms with Gasteiger partial charge in [-0.1, -0.05) is 25.0 Å². The summed E-state index contributed by atoms with van der Waals surface area (Å²) in [4.78, 5) is 23.3. The van der Waals surface area contributed by atoms with Gasteiger partial charge in [-0.3, -0.25) is 9.59 Å². The summed E-state index contributed by atoms with van der Waals surface area (Å²) in [6, 6.07) is 0. The molecule has 0 radical (unpaired) electrons. The topological polar surface area (TPSA) is 83.8 Å². The average Bonchev–Trinajstić information content (AvgIpc) is 3.24. The number of carbonyl (C=O) groups is 2. The molecule has 0 aromatic heterocycles. The van der Waals surface area contributed by atoms with E-state index in [-0.39, 0.29) is 30.0 Å². The molecule has 2 N–H and O–H groups in total. The number of ketones is 1. The van der Waals surface area contributed by atoms with Crippen molar-refractivity contribution < 1.29 is 24.5 Å². The molecule has 0 saturated heterocycles. The SMILES string of the molecule is COC(=O)CCCSCCC1C(=O)CC(O)C1/C=C/C(O)C1CCCC1. The van der Waals surface area contributed by atoms with E-state index in [1.807, 2.05) is 6.08 Å². The van der Waals surface area contributed by atoms with Crippen LogP contribution in [0.5, 0.6) is 0 Å². The van der Waals surface area contributed by atoms with E-state index in [1.54, 1.807) is 17.8 Å². The summed E-state index contributed by atoms with van der Waals surface area (Å²) in [5, 5.41) is 20.5. The number of hydrogen-bond acceptors (Lipinski definition) is 6. The minimum atomic E-state index is -0.635. The van der Waals surface area contributed by atoms with Gasteiger partial charge < -0.3 is 14.9 Å². The largest absolute Gasteiger partial charge is 0.469 e. The van der Waals surface area contributed by atoms with Crippen molar-refractivity contribution in [1.29, 1.82) is 0 Å². The Bertz CT molecular complexity index is 487. The first-order chi connectivity index (χ1) is 12.5. The van der Waals surface area contributed by atoms with Gasteiger partial charge >= 0.3 is 5.97 Å². The Morgan fingerprint density at radius 2 is 2.08 bits per heavy atom. The van der Waals surface area contributed by atoms with Crippen LogP contribution in [0.1, 0.15) is 51.4 Å². The quantitative estimate of drug-likeness (QED) is 0.342. The monoisotopic (exact) mass is 384 g/mol. The number of hydrogen-bond donors (Lipinski definition) is 2. The van der Waals surface area contributed by atoms with E-state index in [1.165, 1.54) is 20.0 Å². The summed E-state index contributed by atoms with van der Waals surface area (Å²) < 4.78 is 4.61. The fourth-order valence-corrected chi connectivity index (χ4v) is 5.00. The number of aliphatic hydroxyl groups excluding tert-OH is 2. The first-order valence-electron chi connectivity index (χ1n) is 9.74. The fraction of sp³-hybridized carbons (Fsp3) is 0.800. The first kappa shape index (κ1) is 21.5. The summed E-state index contributed by atoms with van der Waals surface area (Å²) in [6.07, 6.45) is 9.20. The van der Waals surface area contributed by atoms with E-state index in [0.29, 0.717) is 12.3 Å². The van der Waals surface area contributed by atoms with Gasteiger partial charge in [0.05, 0.1) is 19.3 Å². The predicted molar refractivity (Wildman–Crippen MR) is 103 cm³/mol. The predicted octanol–water partition coefficient (Wildman–Crippen LogP) is 2.74. The second-order valence-corrected chi connectivity index (χ2v) is 8.65. The number of ether oxygens (including phenoxy) is 1. The van der Waals surface area contributed by atoms with E-state index in [4.69, 9.17) is 0 Å². The van der Waals surface area contributed by atoms with Crippen molar-refractivity contribution in [3.05, 3.63) is 12.2 Å². The Kier molecular flexibility index (Phi) is 9.16. The van der Waals surface area contributed by atoms with Gasteiger partial charge in [-0.25, -0.2) is 0 Å². The molecule has 0 aromatic carbocycles. The molecule has 2 aliphatic rings. The summed E-state index contributed by atoms with van der Waals surface area (Å²) in [6.45, 7) is 0. The van der Waals surface area contributed by atoms with E-state index in [2.05, 4.69) is 4.74 Å². The summed E-state index contributed by atoms with van der Waals surface area (Å²) in [5.74, 6) is 1.60. The fourth-order valence-electron chi connectivity index (χ4n) is 4.02. The highest BCUT2D eigenvalue weighted by Gasteiger charge is 2.39. The highest BCUT2D eigenvalue weighted by atomic mass is 32.2. The average molecular weight is 385 g/mol. The molecular weight excluding hydrogens is 352 g/mol. The molecule has 0 bridgehead atoms. The summed E-state index contributed by atoms with van der Waals surface area (Å²) in [7, 11) is 1.39. The van der Waals surface area contributed by atoms with Gasteiger partial charge in [0.15, 0.2) is 0 Å². The molecule has 26 heavy (non-hydrogen) atoms. The molecule has 148 valence electrons. The van der Waals surface area contributed by atoms with Crippen LogP contribution in [-0.4, -0.2) is 52.8 Å². The van der Waals surface area contributed by atoms with Gasteiger partial charge in [0, 0.05) is 24.7 Å². The lowest BCUT2D eigenvalue weighted by molar-refractivity contribution is -0.140. The molecule has 2 rings (SSSR count). The van der Waals surface area contributed by atoms with E-state index < -0.39 is 12.2 Å². The van der Waals surface area contributed by atoms with Crippen molar-refractivity contribution in [3.63, 3.8) is 0 Å². The minimum absolute atomic E-state index is 0.123. The van der Waals surface area contributed by atoms with Crippen molar-refractivity contribution in [2.75, 3.05) is 18.6 Å². The Morgan fingerprint density at radius 1 is 1.35 bits per heavy atom. The van der Waals surface area contributed by atoms with Crippen molar-refractivity contribution in [1.82, 2.24) is 0 Å². The van der Waals surface area contributed by atoms with Gasteiger partial charge in [0.2, 0.25) is 0 Å². The number of Topliss-reactive ketones (excluding diaryl/α,β-unsaturated/α-hetero) is 1. The lowest BCUT2D eigenvalue weighted by Crippen LogP contribution is -2.21. The third-order valence-corrected chi connectivity index (χ3v) is 6.72. The Hall–Kier alpha value is -0.850. The number of rotatable bonds is 10. The van der Waals surface area contributed by atoms with Crippen molar-refractivity contribution >= 4 is 23.5 Å². The Morgan fingerprint density at radius 3 is 2.77 bits per heavy atom. The van der Waals surface area contributed by atoms with Crippen LogP contribution in [0.25, 0.3) is 0 Å². The maximum atomic E-state index is 12.2. The van der Waals surface area contributed by atoms with Gasteiger partial charge in [0.25, 0.3) is 0 Å². The van der Waals surface area contributed by atoms with Crippen LogP contribution in [0.4, 0.5) is 0 Å². The van der Waals surface area contributed by atoms with Crippen LogP contribution in [-0.2, 0) is 14.3 Å². The molecule has 2 saturated carbocycles. The van der Waals surface area contributed by atoms with Crippen molar-refractivity contribution in [2.24, 2.45) is 17.8 Å². The number of methoxy groups -OCH3 is 1. The maximum Gasteiger partial charge on any atom is 0.305 e. The van der Waals surface area contributed by atoms with Crippen LogP contribution < -0.4 is 0 Å². The smallest absolute Gasteiger partial charge is 0.305 e. The first-order valence-corrected chi connectivity index (χ1v) is 10.9. The zero-order valence-electron chi connectivity index (χ0n) is 15.6. The molecule has 4 unspecified atom stereocenters. The standard InChI is InChI=1S/C20H32O5S/c1-25-20(24)7-4-11-26-12-10-16-15(18(22)13-19(16)23)8-9-17(21)14-5-2-3-6-14/h8-9,14-18,21-22H,2-7,10-13H2,1H3/b9-8+. The molecule has 4 atom stereocenters. The molecule has 0 aromatic rings. The van der Waals surface area contributed by atoms with Gasteiger partial charge in [-0.05, 0) is 43.1 Å². The molecule has 0 amide bonds. The van der Waals surface area contributed by atoms with Crippen LogP contribution in [0.3, 0.4) is 0 Å². The lowest BCUT2D eigenvalue weighted by atomic mass is 9.90. The van der Waals surface area contributed by atoms with E-state index in [0.717, 1.165) is 37.2 Å². The van der Waals surface area contributed by atoms with Crippen molar-refractivity contribution in [3.8, 4) is 0 Å². The minimum Gasteiger partial charge on any atom is -0.469 e. The van der Waals surface area contributed by atoms with Gasteiger partial charge in [0.1, 0.15) is 5.78 Å². The molecule has 0 spiro atoms. The normalized spacial score (nSPS) is 28.1. The second kappa shape index (κ2) is 11.1. The van der Waals surface area contributed by atoms with Crippen LogP contribution in [0, 0.1) is 17.8 Å². The Labute approximate surface area is 160 Å². The third kappa shape index (κ3) is 6.39. The summed E-state index contributed by atoms with van der Waals surface area (Å²) in [5.41, 5.74) is 0. The Balaban J connectivity index is 1.75. The molecule has 2 aliphatic carbocycles. The number of aliphatic hydroxyl groups is 2. The van der Waals surface area contributed by atoms with Crippen molar-refractivity contribution in [2.45, 2.75) is 63.6 Å². The number of thioether (sulfide) groups is 1. The van der Waals surface area contributed by atoms with Gasteiger partial charge in [-0.15, -0.1) is 0 Å². The summed E-state index contributed by atoms with van der Waals surface area (Å²) >= 11 is 1.73. The molecule has 0 heterocycles. The zero-order chi connectivity index (χ0) is 18.9. The molecule has 2 fully saturated rings. The molecule has 6 heteroatoms. The lowest BCUT2D eigenvalue weighted by Gasteiger charge is -2.19. The van der Waals surface area contributed by atoms with E-state index in [9.17, 15) is 19.8 Å². The number of carbonyl (C=O) groups excluding carboxylic acids is 2. The third-order valence-electron chi connectivity index (χ3n) is 5.62. The van der Waals surface area contributed by atoms with Crippen LogP contribution in [0.15, 0.2) is 12.2 Å². The molecular formula is C20H32O5S. The highest BCUT2D eigenvalue weighted by molar-refractivity contribution is 7.99. The second-order valence-electron chi connectivity index (χ2n) is 7.42. The van der Waals surface area contributed by atoms with Crippen LogP contribution in [0.2, 0.25) is 0 Å². The van der Waals surface area contributed by atoms with Gasteiger partial charge in [-0.2, -0.15) is 11.8 Å². The van der Waals surface area contributed by atoms with E-state index >= 15 is 0 Å². The van der Waals surface area contributed by atoms with Crippen LogP contribution >= 0.6 is 11.8 Å². The zero-order valence-corrected chi connectivity index (χ0v) is 16.5. The number of esters is 1. The highest BCUT2D eigenvalue weighted by Crippen LogP contribution is 2.35. The molecule has 5 nitrogen and oxygen atoms in total.